The minimum absolute atomic E-state index is 0.247. The van der Waals surface area contributed by atoms with Gasteiger partial charge in [0.25, 0.3) is 0 Å². The van der Waals surface area contributed by atoms with E-state index < -0.39 is 0 Å². The summed E-state index contributed by atoms with van der Waals surface area (Å²) >= 11 is 0. The highest BCUT2D eigenvalue weighted by Gasteiger charge is 2.32. The highest BCUT2D eigenvalue weighted by molar-refractivity contribution is 4.88. The van der Waals surface area contributed by atoms with Crippen LogP contribution in [0.2, 0.25) is 0 Å². The van der Waals surface area contributed by atoms with Crippen molar-refractivity contribution >= 4 is 0 Å². The van der Waals surface area contributed by atoms with E-state index in [1.807, 2.05) is 14.0 Å². The van der Waals surface area contributed by atoms with Crippen LogP contribution in [0.15, 0.2) is 0 Å². The molecule has 0 aliphatic heterocycles. The molecular weight excluding hydrogens is 152 g/mol. The molecule has 1 aliphatic rings. The molecule has 2 atom stereocenters. The molecular formula is C9H20N2O. The fraction of sp³-hybridized carbons (Fsp3) is 1.00. The second-order valence-corrected chi connectivity index (χ2v) is 3.93. The topological polar surface area (TPSA) is 49.5 Å². The van der Waals surface area contributed by atoms with Crippen molar-refractivity contribution < 1.29 is 5.11 Å². The average Bonchev–Trinajstić information content (AvgIpc) is 2.70. The molecule has 1 fully saturated rings. The Kier molecular flexibility index (Phi) is 3.50. The number of nitrogens with zero attached hydrogens (tertiary/aromatic N) is 1. The quantitative estimate of drug-likeness (QED) is 0.615. The molecule has 1 rings (SSSR count). The van der Waals surface area contributed by atoms with Gasteiger partial charge in [-0.15, -0.1) is 0 Å². The Morgan fingerprint density at radius 2 is 2.17 bits per heavy atom. The van der Waals surface area contributed by atoms with Gasteiger partial charge in [-0.25, -0.2) is 0 Å². The highest BCUT2D eigenvalue weighted by atomic mass is 16.3. The first kappa shape index (κ1) is 9.96. The third-order valence-electron chi connectivity index (χ3n) is 2.53. The summed E-state index contributed by atoms with van der Waals surface area (Å²) in [5, 5.41) is 9.19. The Hall–Kier alpha value is -0.120. The SMILES string of the molecule is CC(O)CN(C)C(CN)C1CC1. The first-order valence-corrected chi connectivity index (χ1v) is 4.73. The number of likely N-dealkylation sites (N-methyl/N-ethyl adjacent to an activating group) is 1. The maximum absolute atomic E-state index is 9.19. The summed E-state index contributed by atoms with van der Waals surface area (Å²) in [5.41, 5.74) is 5.67. The van der Waals surface area contributed by atoms with E-state index in [-0.39, 0.29) is 6.10 Å². The number of hydrogen-bond acceptors (Lipinski definition) is 3. The van der Waals surface area contributed by atoms with Crippen LogP contribution in [0.4, 0.5) is 0 Å². The molecule has 0 spiro atoms. The molecule has 12 heavy (non-hydrogen) atoms. The molecule has 0 aromatic heterocycles. The Morgan fingerprint density at radius 1 is 1.58 bits per heavy atom. The molecule has 0 aromatic carbocycles. The maximum atomic E-state index is 9.19. The number of hydrogen-bond donors (Lipinski definition) is 2. The number of rotatable bonds is 5. The number of aliphatic hydroxyl groups is 1. The summed E-state index contributed by atoms with van der Waals surface area (Å²) in [6, 6.07) is 0.486. The van der Waals surface area contributed by atoms with E-state index >= 15 is 0 Å². The van der Waals surface area contributed by atoms with E-state index in [4.69, 9.17) is 5.73 Å². The van der Waals surface area contributed by atoms with Crippen molar-refractivity contribution in [1.29, 1.82) is 0 Å². The molecule has 1 saturated carbocycles. The molecule has 0 saturated heterocycles. The fourth-order valence-electron chi connectivity index (χ4n) is 1.77. The number of nitrogens with two attached hydrogens (primary N) is 1. The van der Waals surface area contributed by atoms with E-state index in [2.05, 4.69) is 4.90 Å². The second kappa shape index (κ2) is 4.21. The predicted molar refractivity (Wildman–Crippen MR) is 49.9 cm³/mol. The fourth-order valence-corrected chi connectivity index (χ4v) is 1.77. The molecule has 3 heteroatoms. The van der Waals surface area contributed by atoms with E-state index in [1.54, 1.807) is 0 Å². The highest BCUT2D eigenvalue weighted by Crippen LogP contribution is 2.34. The van der Waals surface area contributed by atoms with Crippen LogP contribution in [-0.4, -0.2) is 42.3 Å². The van der Waals surface area contributed by atoms with Crippen LogP contribution in [0.25, 0.3) is 0 Å². The first-order chi connectivity index (χ1) is 5.65. The van der Waals surface area contributed by atoms with Crippen LogP contribution in [0, 0.1) is 5.92 Å². The van der Waals surface area contributed by atoms with Crippen molar-refractivity contribution in [3.63, 3.8) is 0 Å². The molecule has 0 heterocycles. The summed E-state index contributed by atoms with van der Waals surface area (Å²) in [5.74, 6) is 0.791. The Morgan fingerprint density at radius 3 is 2.50 bits per heavy atom. The average molecular weight is 172 g/mol. The van der Waals surface area contributed by atoms with E-state index in [9.17, 15) is 5.11 Å². The van der Waals surface area contributed by atoms with Gasteiger partial charge in [0.1, 0.15) is 0 Å². The van der Waals surface area contributed by atoms with Crippen LogP contribution < -0.4 is 5.73 Å². The van der Waals surface area contributed by atoms with E-state index in [0.717, 1.165) is 12.5 Å². The lowest BCUT2D eigenvalue weighted by molar-refractivity contribution is 0.112. The summed E-state index contributed by atoms with van der Waals surface area (Å²) in [4.78, 5) is 2.18. The van der Waals surface area contributed by atoms with Gasteiger partial charge in [-0.2, -0.15) is 0 Å². The molecule has 0 amide bonds. The summed E-state index contributed by atoms with van der Waals surface area (Å²) in [7, 11) is 2.04. The van der Waals surface area contributed by atoms with Crippen molar-refractivity contribution in [2.75, 3.05) is 20.1 Å². The van der Waals surface area contributed by atoms with E-state index in [0.29, 0.717) is 12.6 Å². The molecule has 0 aromatic rings. The van der Waals surface area contributed by atoms with Gasteiger partial charge in [-0.1, -0.05) is 0 Å². The smallest absolute Gasteiger partial charge is 0.0639 e. The van der Waals surface area contributed by atoms with Crippen LogP contribution >= 0.6 is 0 Å². The van der Waals surface area contributed by atoms with Gasteiger partial charge in [0, 0.05) is 19.1 Å². The standard InChI is InChI=1S/C9H20N2O/c1-7(12)6-11(2)9(5-10)8-3-4-8/h7-9,12H,3-6,10H2,1-2H3. The van der Waals surface area contributed by atoms with Gasteiger partial charge < -0.3 is 10.8 Å². The Labute approximate surface area is 74.5 Å². The zero-order valence-corrected chi connectivity index (χ0v) is 8.03. The summed E-state index contributed by atoms with van der Waals surface area (Å²) < 4.78 is 0. The van der Waals surface area contributed by atoms with Crippen molar-refractivity contribution in [2.24, 2.45) is 11.7 Å². The second-order valence-electron chi connectivity index (χ2n) is 3.93. The molecule has 0 bridgehead atoms. The van der Waals surface area contributed by atoms with Gasteiger partial charge in [0.05, 0.1) is 6.10 Å². The maximum Gasteiger partial charge on any atom is 0.0639 e. The molecule has 72 valence electrons. The van der Waals surface area contributed by atoms with Gasteiger partial charge >= 0.3 is 0 Å². The van der Waals surface area contributed by atoms with Crippen LogP contribution in [0.1, 0.15) is 19.8 Å². The van der Waals surface area contributed by atoms with Gasteiger partial charge in [-0.05, 0) is 32.7 Å². The minimum Gasteiger partial charge on any atom is -0.392 e. The largest absolute Gasteiger partial charge is 0.392 e. The van der Waals surface area contributed by atoms with Crippen molar-refractivity contribution in [1.82, 2.24) is 4.90 Å². The zero-order valence-electron chi connectivity index (χ0n) is 8.03. The Bertz CT molecular complexity index is 134. The van der Waals surface area contributed by atoms with Gasteiger partial charge in [0.2, 0.25) is 0 Å². The summed E-state index contributed by atoms with van der Waals surface area (Å²) in [6.07, 6.45) is 2.38. The molecule has 0 radical (unpaired) electrons. The normalized spacial score (nSPS) is 22.8. The third-order valence-corrected chi connectivity index (χ3v) is 2.53. The first-order valence-electron chi connectivity index (χ1n) is 4.73. The Balaban J connectivity index is 2.30. The van der Waals surface area contributed by atoms with Crippen molar-refractivity contribution in [3.8, 4) is 0 Å². The zero-order chi connectivity index (χ0) is 9.14. The number of aliphatic hydroxyl groups excluding tert-OH is 1. The lowest BCUT2D eigenvalue weighted by Crippen LogP contribution is -2.42. The van der Waals surface area contributed by atoms with Crippen molar-refractivity contribution in [2.45, 2.75) is 31.9 Å². The van der Waals surface area contributed by atoms with E-state index in [1.165, 1.54) is 12.8 Å². The third kappa shape index (κ3) is 2.73. The summed E-state index contributed by atoms with van der Waals surface area (Å²) in [6.45, 7) is 3.27. The molecule has 3 nitrogen and oxygen atoms in total. The lowest BCUT2D eigenvalue weighted by atomic mass is 10.1. The van der Waals surface area contributed by atoms with Crippen LogP contribution in [-0.2, 0) is 0 Å². The molecule has 2 unspecified atom stereocenters. The monoisotopic (exact) mass is 172 g/mol. The van der Waals surface area contributed by atoms with Gasteiger partial charge in [0.15, 0.2) is 0 Å². The minimum atomic E-state index is -0.247. The van der Waals surface area contributed by atoms with Gasteiger partial charge in [-0.3, -0.25) is 4.90 Å². The van der Waals surface area contributed by atoms with Crippen LogP contribution in [0.5, 0.6) is 0 Å². The van der Waals surface area contributed by atoms with Crippen LogP contribution in [0.3, 0.4) is 0 Å². The van der Waals surface area contributed by atoms with Crippen molar-refractivity contribution in [3.05, 3.63) is 0 Å². The predicted octanol–water partition coefficient (Wildman–Crippen LogP) is 0.0363. The molecule has 1 aliphatic carbocycles. The molecule has 3 N–H and O–H groups in total. The lowest BCUT2D eigenvalue weighted by Gasteiger charge is -2.27.